The number of nitrogens with two attached hydrogens (primary N) is 1. The van der Waals surface area contributed by atoms with Gasteiger partial charge < -0.3 is 11.1 Å². The Balaban J connectivity index is 2.18. The van der Waals surface area contributed by atoms with Gasteiger partial charge in [-0.3, -0.25) is 4.79 Å². The van der Waals surface area contributed by atoms with Crippen LogP contribution in [0.2, 0.25) is 0 Å². The minimum Gasteiger partial charge on any atom is -0.350 e. The Morgan fingerprint density at radius 1 is 1.40 bits per heavy atom. The third-order valence-electron chi connectivity index (χ3n) is 2.79. The first-order valence-corrected chi connectivity index (χ1v) is 5.38. The van der Waals surface area contributed by atoms with Crippen LogP contribution in [0.3, 0.4) is 0 Å². The normalized spacial score (nSPS) is 18.1. The maximum absolute atomic E-state index is 12.7. The molecule has 3 N–H and O–H groups in total. The van der Waals surface area contributed by atoms with Crippen LogP contribution in [0.4, 0.5) is 8.78 Å². The number of amides is 1. The van der Waals surface area contributed by atoms with Crippen molar-refractivity contribution in [3.05, 3.63) is 0 Å². The molecule has 0 radical (unpaired) electrons. The van der Waals surface area contributed by atoms with Gasteiger partial charge in [-0.05, 0) is 18.8 Å². The van der Waals surface area contributed by atoms with Crippen LogP contribution in [0.25, 0.3) is 0 Å². The fraction of sp³-hybridized carbons (Fsp3) is 0.900. The molecule has 0 bridgehead atoms. The predicted octanol–water partition coefficient (Wildman–Crippen LogP) is 1.28. The highest BCUT2D eigenvalue weighted by Gasteiger charge is 2.27. The summed E-state index contributed by atoms with van der Waals surface area (Å²) >= 11 is 0. The van der Waals surface area contributed by atoms with Crippen LogP contribution in [-0.2, 0) is 4.79 Å². The summed E-state index contributed by atoms with van der Waals surface area (Å²) in [5.74, 6) is -2.88. The van der Waals surface area contributed by atoms with Crippen molar-refractivity contribution in [3.63, 3.8) is 0 Å². The number of carbonyl (C=O) groups is 1. The van der Waals surface area contributed by atoms with Gasteiger partial charge in [0.2, 0.25) is 5.91 Å². The maximum atomic E-state index is 12.7. The number of rotatable bonds is 5. The summed E-state index contributed by atoms with van der Waals surface area (Å²) in [4.78, 5) is 11.3. The number of halogens is 2. The van der Waals surface area contributed by atoms with Crippen molar-refractivity contribution in [2.24, 2.45) is 11.7 Å². The van der Waals surface area contributed by atoms with Gasteiger partial charge in [-0.1, -0.05) is 12.8 Å². The third kappa shape index (κ3) is 4.55. The molecule has 0 aliphatic heterocycles. The minimum atomic E-state index is -2.98. The van der Waals surface area contributed by atoms with Gasteiger partial charge in [0, 0.05) is 6.42 Å². The number of hydrogen-bond acceptors (Lipinski definition) is 2. The molecular formula is C10H18F2N2O. The summed E-state index contributed by atoms with van der Waals surface area (Å²) in [7, 11) is 0. The molecule has 1 aliphatic rings. The van der Waals surface area contributed by atoms with Gasteiger partial charge in [-0.2, -0.15) is 0 Å². The molecule has 0 heterocycles. The highest BCUT2D eigenvalue weighted by molar-refractivity contribution is 5.76. The van der Waals surface area contributed by atoms with Crippen LogP contribution in [-0.4, -0.2) is 24.9 Å². The molecule has 0 spiro atoms. The molecule has 15 heavy (non-hydrogen) atoms. The lowest BCUT2D eigenvalue weighted by Crippen LogP contribution is -2.41. The Labute approximate surface area is 88.4 Å². The van der Waals surface area contributed by atoms with E-state index in [4.69, 9.17) is 5.73 Å². The second-order valence-corrected chi connectivity index (χ2v) is 4.19. The van der Waals surface area contributed by atoms with Gasteiger partial charge in [-0.25, -0.2) is 8.78 Å². The van der Waals surface area contributed by atoms with Crippen LogP contribution in [0.15, 0.2) is 0 Å². The molecular weight excluding hydrogens is 202 g/mol. The van der Waals surface area contributed by atoms with Crippen molar-refractivity contribution in [2.45, 2.75) is 38.0 Å². The fourth-order valence-electron chi connectivity index (χ4n) is 1.85. The lowest BCUT2D eigenvalue weighted by atomic mass is 10.0. The molecule has 0 aromatic rings. The van der Waals surface area contributed by atoms with E-state index < -0.39 is 19.0 Å². The molecule has 1 rings (SSSR count). The van der Waals surface area contributed by atoms with Crippen LogP contribution in [0.5, 0.6) is 0 Å². The Morgan fingerprint density at radius 3 is 2.53 bits per heavy atom. The Hall–Kier alpha value is -0.710. The van der Waals surface area contributed by atoms with Gasteiger partial charge in [0.05, 0.1) is 13.1 Å². The zero-order valence-corrected chi connectivity index (χ0v) is 8.77. The monoisotopic (exact) mass is 220 g/mol. The van der Waals surface area contributed by atoms with E-state index in [0.29, 0.717) is 12.3 Å². The van der Waals surface area contributed by atoms with Crippen LogP contribution in [0, 0.1) is 5.92 Å². The quantitative estimate of drug-likeness (QED) is 0.733. The molecule has 88 valence electrons. The van der Waals surface area contributed by atoms with E-state index in [2.05, 4.69) is 5.32 Å². The molecule has 0 aromatic carbocycles. The molecule has 1 aliphatic carbocycles. The van der Waals surface area contributed by atoms with E-state index in [1.54, 1.807) is 0 Å². The van der Waals surface area contributed by atoms with Crippen LogP contribution >= 0.6 is 0 Å². The molecule has 1 saturated carbocycles. The molecule has 5 heteroatoms. The lowest BCUT2D eigenvalue weighted by molar-refractivity contribution is -0.123. The van der Waals surface area contributed by atoms with Crippen molar-refractivity contribution >= 4 is 5.91 Å². The predicted molar refractivity (Wildman–Crippen MR) is 53.6 cm³/mol. The maximum Gasteiger partial charge on any atom is 0.277 e. The van der Waals surface area contributed by atoms with E-state index in [9.17, 15) is 13.6 Å². The van der Waals surface area contributed by atoms with Gasteiger partial charge >= 0.3 is 0 Å². The summed E-state index contributed by atoms with van der Waals surface area (Å²) in [6.45, 7) is -1.37. The fourth-order valence-corrected chi connectivity index (χ4v) is 1.85. The van der Waals surface area contributed by atoms with Crippen molar-refractivity contribution in [3.8, 4) is 0 Å². The van der Waals surface area contributed by atoms with Crippen molar-refractivity contribution in [1.82, 2.24) is 5.32 Å². The van der Waals surface area contributed by atoms with E-state index >= 15 is 0 Å². The molecule has 0 atom stereocenters. The second-order valence-electron chi connectivity index (χ2n) is 4.19. The topological polar surface area (TPSA) is 55.1 Å². The van der Waals surface area contributed by atoms with E-state index in [-0.39, 0.29) is 5.91 Å². The minimum absolute atomic E-state index is 0.282. The van der Waals surface area contributed by atoms with Gasteiger partial charge in [0.25, 0.3) is 5.92 Å². The number of alkyl halides is 2. The first kappa shape index (κ1) is 12.4. The van der Waals surface area contributed by atoms with Crippen molar-refractivity contribution in [1.29, 1.82) is 0 Å². The van der Waals surface area contributed by atoms with E-state index in [0.717, 1.165) is 25.7 Å². The zero-order chi connectivity index (χ0) is 11.3. The first-order chi connectivity index (χ1) is 7.03. The lowest BCUT2D eigenvalue weighted by Gasteiger charge is -2.15. The van der Waals surface area contributed by atoms with E-state index in [1.807, 2.05) is 0 Å². The molecule has 1 amide bonds. The molecule has 0 aromatic heterocycles. The van der Waals surface area contributed by atoms with Crippen molar-refractivity contribution < 1.29 is 13.6 Å². The molecule has 3 nitrogen and oxygen atoms in total. The first-order valence-electron chi connectivity index (χ1n) is 5.38. The summed E-state index contributed by atoms with van der Waals surface area (Å²) in [6.07, 6.45) is 4.76. The Bertz CT molecular complexity index is 215. The highest BCUT2D eigenvalue weighted by atomic mass is 19.3. The SMILES string of the molecule is NCC(F)(F)CNC(=O)CC1CCCC1. The number of hydrogen-bond donors (Lipinski definition) is 2. The van der Waals surface area contributed by atoms with Gasteiger partial charge in [0.1, 0.15) is 0 Å². The van der Waals surface area contributed by atoms with Crippen LogP contribution < -0.4 is 11.1 Å². The number of nitrogens with one attached hydrogen (secondary N) is 1. The molecule has 0 unspecified atom stereocenters. The number of carbonyl (C=O) groups excluding carboxylic acids is 1. The smallest absolute Gasteiger partial charge is 0.277 e. The molecule has 1 fully saturated rings. The zero-order valence-electron chi connectivity index (χ0n) is 8.77. The average Bonchev–Trinajstić information content (AvgIpc) is 2.68. The summed E-state index contributed by atoms with van der Waals surface area (Å²) < 4.78 is 25.4. The second kappa shape index (κ2) is 5.39. The van der Waals surface area contributed by atoms with Gasteiger partial charge in [0.15, 0.2) is 0 Å². The largest absolute Gasteiger partial charge is 0.350 e. The Morgan fingerprint density at radius 2 is 2.00 bits per heavy atom. The average molecular weight is 220 g/mol. The third-order valence-corrected chi connectivity index (χ3v) is 2.79. The summed E-state index contributed by atoms with van der Waals surface area (Å²) in [6, 6.07) is 0. The summed E-state index contributed by atoms with van der Waals surface area (Å²) in [5.41, 5.74) is 4.85. The summed E-state index contributed by atoms with van der Waals surface area (Å²) in [5, 5.41) is 2.23. The van der Waals surface area contributed by atoms with Gasteiger partial charge in [-0.15, -0.1) is 0 Å². The Kier molecular flexibility index (Phi) is 4.45. The molecule has 0 saturated heterocycles. The van der Waals surface area contributed by atoms with Crippen molar-refractivity contribution in [2.75, 3.05) is 13.1 Å². The van der Waals surface area contributed by atoms with Crippen LogP contribution in [0.1, 0.15) is 32.1 Å². The standard InChI is InChI=1S/C10H18F2N2O/c11-10(12,6-13)7-14-9(15)5-8-3-1-2-4-8/h8H,1-7,13H2,(H,14,15). The highest BCUT2D eigenvalue weighted by Crippen LogP contribution is 2.27. The van der Waals surface area contributed by atoms with E-state index in [1.165, 1.54) is 0 Å².